The monoisotopic (exact) mass is 356 g/mol. The third-order valence-electron chi connectivity index (χ3n) is 4.58. The van der Waals surface area contributed by atoms with Crippen LogP contribution in [0.2, 0.25) is 0 Å². The van der Waals surface area contributed by atoms with Crippen molar-refractivity contribution in [1.82, 2.24) is 0 Å². The van der Waals surface area contributed by atoms with Gasteiger partial charge in [-0.05, 0) is 17.7 Å². The third kappa shape index (κ3) is 3.50. The minimum absolute atomic E-state index is 0.246. The van der Waals surface area contributed by atoms with Gasteiger partial charge in [0.2, 0.25) is 0 Å². The van der Waals surface area contributed by atoms with Crippen molar-refractivity contribution in [2.45, 2.75) is 37.3 Å². The number of carbonyl (C=O) groups is 1. The molecule has 0 unspecified atom stereocenters. The van der Waals surface area contributed by atoms with Crippen LogP contribution in [0.1, 0.15) is 15.9 Å². The predicted molar refractivity (Wildman–Crippen MR) is 91.3 cm³/mol. The maximum Gasteiger partial charge on any atom is 0.338 e. The molecular formula is C20H20O6. The molecule has 6 heteroatoms. The molecule has 0 aliphatic carbocycles. The number of rotatable bonds is 5. The first-order valence-corrected chi connectivity index (χ1v) is 8.59. The molecular weight excluding hydrogens is 336 g/mol. The van der Waals surface area contributed by atoms with Gasteiger partial charge in [-0.1, -0.05) is 48.5 Å². The van der Waals surface area contributed by atoms with Crippen molar-refractivity contribution in [2.75, 3.05) is 6.61 Å². The Morgan fingerprint density at radius 2 is 1.73 bits per heavy atom. The Balaban J connectivity index is 1.50. The first-order chi connectivity index (χ1) is 12.7. The fourth-order valence-corrected chi connectivity index (χ4v) is 3.20. The lowest BCUT2D eigenvalue weighted by molar-refractivity contribution is -0.242. The van der Waals surface area contributed by atoms with Gasteiger partial charge in [0, 0.05) is 0 Å². The van der Waals surface area contributed by atoms with Gasteiger partial charge in [0.15, 0.2) is 12.4 Å². The molecule has 136 valence electrons. The number of benzene rings is 2. The standard InChI is InChI=1S/C20H20O6/c21-16-15-12-24-20(25-15)18(26-19(22)14-9-5-2-6-10-14)17(16)23-11-13-7-3-1-4-8-13/h1-10,15-18,20-21H,11-12H2/t15-,16+,17-,18+,20-/m1/s1. The summed E-state index contributed by atoms with van der Waals surface area (Å²) in [6.07, 6.45) is -3.73. The van der Waals surface area contributed by atoms with Gasteiger partial charge in [0.25, 0.3) is 0 Å². The topological polar surface area (TPSA) is 74.2 Å². The predicted octanol–water partition coefficient (Wildman–Crippen LogP) is 1.91. The van der Waals surface area contributed by atoms with Crippen molar-refractivity contribution in [3.63, 3.8) is 0 Å². The fraction of sp³-hybridized carbons (Fsp3) is 0.350. The normalized spacial score (nSPS) is 30.1. The summed E-state index contributed by atoms with van der Waals surface area (Å²) in [5.74, 6) is -0.506. The number of fused-ring (bicyclic) bond motifs is 2. The Morgan fingerprint density at radius 1 is 1.04 bits per heavy atom. The van der Waals surface area contributed by atoms with Gasteiger partial charge in [-0.3, -0.25) is 0 Å². The van der Waals surface area contributed by atoms with Crippen molar-refractivity contribution < 1.29 is 28.8 Å². The van der Waals surface area contributed by atoms with E-state index >= 15 is 0 Å². The van der Waals surface area contributed by atoms with Gasteiger partial charge in [-0.25, -0.2) is 4.79 Å². The minimum atomic E-state index is -0.939. The molecule has 0 amide bonds. The summed E-state index contributed by atoms with van der Waals surface area (Å²) < 4.78 is 22.7. The Morgan fingerprint density at radius 3 is 2.46 bits per heavy atom. The third-order valence-corrected chi connectivity index (χ3v) is 4.58. The first kappa shape index (κ1) is 17.2. The Hall–Kier alpha value is -2.25. The first-order valence-electron chi connectivity index (χ1n) is 8.59. The van der Waals surface area contributed by atoms with Crippen LogP contribution in [0.4, 0.5) is 0 Å². The summed E-state index contributed by atoms with van der Waals surface area (Å²) in [7, 11) is 0. The second-order valence-electron chi connectivity index (χ2n) is 6.36. The van der Waals surface area contributed by atoms with Crippen LogP contribution in [0.5, 0.6) is 0 Å². The van der Waals surface area contributed by atoms with Gasteiger partial charge in [0.1, 0.15) is 18.3 Å². The molecule has 2 aromatic rings. The molecule has 2 bridgehead atoms. The van der Waals surface area contributed by atoms with Gasteiger partial charge in [0.05, 0.1) is 18.8 Å². The summed E-state index contributed by atoms with van der Waals surface area (Å²) >= 11 is 0. The van der Waals surface area contributed by atoms with Crippen LogP contribution < -0.4 is 0 Å². The van der Waals surface area contributed by atoms with Crippen LogP contribution >= 0.6 is 0 Å². The molecule has 2 saturated heterocycles. The SMILES string of the molecule is O=C(O[C@@H]1[C@@H]2OC[C@@H](O2)[C@H](O)[C@H]1OCc1ccccc1)c1ccccc1. The fourth-order valence-electron chi connectivity index (χ4n) is 3.20. The number of hydrogen-bond acceptors (Lipinski definition) is 6. The zero-order chi connectivity index (χ0) is 17.9. The molecule has 0 saturated carbocycles. The van der Waals surface area contributed by atoms with Crippen molar-refractivity contribution in [1.29, 1.82) is 0 Å². The maximum atomic E-state index is 12.4. The summed E-state index contributed by atoms with van der Waals surface area (Å²) in [6, 6.07) is 18.3. The smallest absolute Gasteiger partial charge is 0.338 e. The van der Waals surface area contributed by atoms with Crippen LogP contribution in [0.15, 0.2) is 60.7 Å². The van der Waals surface area contributed by atoms with E-state index in [0.717, 1.165) is 5.56 Å². The van der Waals surface area contributed by atoms with Crippen LogP contribution in [-0.2, 0) is 25.6 Å². The number of esters is 1. The van der Waals surface area contributed by atoms with Crippen molar-refractivity contribution in [2.24, 2.45) is 0 Å². The highest BCUT2D eigenvalue weighted by molar-refractivity contribution is 5.89. The number of carbonyl (C=O) groups excluding carboxylic acids is 1. The molecule has 0 spiro atoms. The Kier molecular flexibility index (Phi) is 4.99. The van der Waals surface area contributed by atoms with E-state index in [1.165, 1.54) is 0 Å². The van der Waals surface area contributed by atoms with Crippen LogP contribution in [0.3, 0.4) is 0 Å². The lowest BCUT2D eigenvalue weighted by Gasteiger charge is -2.37. The summed E-state index contributed by atoms with van der Waals surface area (Å²) in [5, 5.41) is 10.6. The maximum absolute atomic E-state index is 12.4. The van der Waals surface area contributed by atoms with Crippen LogP contribution in [-0.4, -0.2) is 48.4 Å². The van der Waals surface area contributed by atoms with Crippen LogP contribution in [0, 0.1) is 0 Å². The largest absolute Gasteiger partial charge is 0.450 e. The Bertz CT molecular complexity index is 734. The number of ether oxygens (including phenoxy) is 4. The van der Waals surface area contributed by atoms with E-state index in [2.05, 4.69) is 0 Å². The molecule has 1 N–H and O–H groups in total. The van der Waals surface area contributed by atoms with Gasteiger partial charge in [-0.2, -0.15) is 0 Å². The number of aliphatic hydroxyl groups excluding tert-OH is 1. The number of hydrogen-bond donors (Lipinski definition) is 1. The van der Waals surface area contributed by atoms with Crippen molar-refractivity contribution >= 4 is 5.97 Å². The average molecular weight is 356 g/mol. The number of aliphatic hydroxyl groups is 1. The van der Waals surface area contributed by atoms with E-state index in [1.807, 2.05) is 36.4 Å². The molecule has 26 heavy (non-hydrogen) atoms. The van der Waals surface area contributed by atoms with Crippen molar-refractivity contribution in [3.05, 3.63) is 71.8 Å². The molecule has 2 aromatic carbocycles. The van der Waals surface area contributed by atoms with Gasteiger partial charge in [-0.15, -0.1) is 0 Å². The highest BCUT2D eigenvalue weighted by Gasteiger charge is 2.52. The van der Waals surface area contributed by atoms with E-state index in [9.17, 15) is 9.90 Å². The van der Waals surface area contributed by atoms with Crippen LogP contribution in [0.25, 0.3) is 0 Å². The van der Waals surface area contributed by atoms with E-state index in [-0.39, 0.29) is 6.61 Å². The second-order valence-corrected chi connectivity index (χ2v) is 6.36. The van der Waals surface area contributed by atoms with E-state index in [4.69, 9.17) is 18.9 Å². The van der Waals surface area contributed by atoms with Gasteiger partial charge >= 0.3 is 5.97 Å². The Labute approximate surface area is 151 Å². The van der Waals surface area contributed by atoms with Crippen molar-refractivity contribution in [3.8, 4) is 0 Å². The van der Waals surface area contributed by atoms with E-state index in [1.54, 1.807) is 24.3 Å². The molecule has 2 heterocycles. The zero-order valence-corrected chi connectivity index (χ0v) is 14.1. The molecule has 0 radical (unpaired) electrons. The summed E-state index contributed by atoms with van der Waals surface area (Å²) in [6.45, 7) is 0.539. The van der Waals surface area contributed by atoms with E-state index in [0.29, 0.717) is 12.2 Å². The molecule has 5 atom stereocenters. The zero-order valence-electron chi connectivity index (χ0n) is 14.1. The highest BCUT2D eigenvalue weighted by atomic mass is 16.8. The quantitative estimate of drug-likeness (QED) is 0.825. The summed E-state index contributed by atoms with van der Waals surface area (Å²) in [5.41, 5.74) is 1.39. The molecule has 2 fully saturated rings. The molecule has 6 nitrogen and oxygen atoms in total. The molecule has 2 aliphatic heterocycles. The summed E-state index contributed by atoms with van der Waals surface area (Å²) in [4.78, 5) is 12.4. The molecule has 0 aromatic heterocycles. The second kappa shape index (κ2) is 7.55. The lowest BCUT2D eigenvalue weighted by atomic mass is 10.0. The van der Waals surface area contributed by atoms with E-state index < -0.39 is 36.7 Å². The van der Waals surface area contributed by atoms with Gasteiger partial charge < -0.3 is 24.1 Å². The molecule has 2 aliphatic rings. The minimum Gasteiger partial charge on any atom is -0.450 e. The lowest BCUT2D eigenvalue weighted by Crippen LogP contribution is -2.56. The average Bonchev–Trinajstić information content (AvgIpc) is 3.14. The molecule has 4 rings (SSSR count). The highest BCUT2D eigenvalue weighted by Crippen LogP contribution is 2.32.